The SMILES string of the molecule is COc1ccnc(N2CC3CN(C(=O)Cn4ccc5ccccc54)CC3C2)n1. The van der Waals surface area contributed by atoms with Crippen LogP contribution in [0.3, 0.4) is 0 Å². The molecule has 1 amide bonds. The van der Waals surface area contributed by atoms with Crippen molar-refractivity contribution in [3.05, 3.63) is 48.8 Å². The molecule has 4 heterocycles. The molecule has 144 valence electrons. The number of carbonyl (C=O) groups excluding carboxylic acids is 1. The van der Waals surface area contributed by atoms with Gasteiger partial charge in [0.15, 0.2) is 0 Å². The van der Waals surface area contributed by atoms with Gasteiger partial charge in [0, 0.05) is 62.0 Å². The first-order valence-electron chi connectivity index (χ1n) is 9.65. The van der Waals surface area contributed by atoms with Crippen LogP contribution in [-0.2, 0) is 11.3 Å². The van der Waals surface area contributed by atoms with Crippen molar-refractivity contribution in [3.8, 4) is 5.88 Å². The van der Waals surface area contributed by atoms with Gasteiger partial charge in [-0.1, -0.05) is 18.2 Å². The first kappa shape index (κ1) is 17.0. The van der Waals surface area contributed by atoms with Gasteiger partial charge in [-0.2, -0.15) is 4.98 Å². The summed E-state index contributed by atoms with van der Waals surface area (Å²) in [6.45, 7) is 3.78. The van der Waals surface area contributed by atoms with Gasteiger partial charge >= 0.3 is 0 Å². The first-order valence-corrected chi connectivity index (χ1v) is 9.65. The zero-order valence-electron chi connectivity index (χ0n) is 15.9. The standard InChI is InChI=1S/C21H23N5O2/c1-28-19-6-8-22-21(23-19)26-12-16-10-25(11-17(16)13-26)20(27)14-24-9-7-15-4-2-3-5-18(15)24/h2-9,16-17H,10-14H2,1H3. The van der Waals surface area contributed by atoms with E-state index in [2.05, 4.69) is 33.1 Å². The van der Waals surface area contributed by atoms with Crippen molar-refractivity contribution in [2.45, 2.75) is 6.54 Å². The van der Waals surface area contributed by atoms with Gasteiger partial charge in [-0.3, -0.25) is 4.79 Å². The summed E-state index contributed by atoms with van der Waals surface area (Å²) >= 11 is 0. The van der Waals surface area contributed by atoms with Gasteiger partial charge in [0.2, 0.25) is 17.7 Å². The van der Waals surface area contributed by atoms with E-state index in [-0.39, 0.29) is 5.91 Å². The molecule has 2 unspecified atom stereocenters. The second-order valence-electron chi connectivity index (χ2n) is 7.63. The van der Waals surface area contributed by atoms with Gasteiger partial charge in [0.05, 0.1) is 7.11 Å². The van der Waals surface area contributed by atoms with Crippen LogP contribution in [0.4, 0.5) is 5.95 Å². The van der Waals surface area contributed by atoms with E-state index < -0.39 is 0 Å². The molecule has 7 nitrogen and oxygen atoms in total. The predicted molar refractivity (Wildman–Crippen MR) is 106 cm³/mol. The molecule has 3 aromatic rings. The molecule has 2 atom stereocenters. The van der Waals surface area contributed by atoms with Crippen LogP contribution in [0.25, 0.3) is 10.9 Å². The van der Waals surface area contributed by atoms with Crippen LogP contribution >= 0.6 is 0 Å². The Kier molecular flexibility index (Phi) is 4.15. The monoisotopic (exact) mass is 377 g/mol. The van der Waals surface area contributed by atoms with Gasteiger partial charge < -0.3 is 19.1 Å². The van der Waals surface area contributed by atoms with Gasteiger partial charge in [-0.05, 0) is 17.5 Å². The Morgan fingerprint density at radius 2 is 1.89 bits per heavy atom. The molecular formula is C21H23N5O2. The van der Waals surface area contributed by atoms with Crippen LogP contribution in [-0.4, -0.2) is 58.6 Å². The molecule has 2 aromatic heterocycles. The van der Waals surface area contributed by atoms with E-state index in [9.17, 15) is 4.79 Å². The number of hydrogen-bond donors (Lipinski definition) is 0. The Morgan fingerprint density at radius 3 is 2.68 bits per heavy atom. The Bertz CT molecular complexity index is 1000. The number of amides is 1. The molecule has 1 aromatic carbocycles. The summed E-state index contributed by atoms with van der Waals surface area (Å²) < 4.78 is 7.25. The average Bonchev–Trinajstić information content (AvgIpc) is 3.41. The molecule has 7 heteroatoms. The normalized spacial score (nSPS) is 21.3. The van der Waals surface area contributed by atoms with Gasteiger partial charge in [0.25, 0.3) is 0 Å². The van der Waals surface area contributed by atoms with Crippen LogP contribution in [0.15, 0.2) is 48.8 Å². The highest BCUT2D eigenvalue weighted by Crippen LogP contribution is 2.33. The predicted octanol–water partition coefficient (Wildman–Crippen LogP) is 2.03. The fourth-order valence-electron chi connectivity index (χ4n) is 4.48. The van der Waals surface area contributed by atoms with E-state index in [1.807, 2.05) is 27.8 Å². The number of nitrogens with zero attached hydrogens (tertiary/aromatic N) is 5. The molecule has 2 aliphatic heterocycles. The highest BCUT2D eigenvalue weighted by atomic mass is 16.5. The molecule has 2 saturated heterocycles. The molecule has 2 aliphatic rings. The molecule has 0 spiro atoms. The summed E-state index contributed by atoms with van der Waals surface area (Å²) in [5, 5.41) is 1.17. The molecule has 0 bridgehead atoms. The summed E-state index contributed by atoms with van der Waals surface area (Å²) in [5.74, 6) is 2.43. The Morgan fingerprint density at radius 1 is 1.11 bits per heavy atom. The van der Waals surface area contributed by atoms with Crippen LogP contribution in [0.5, 0.6) is 5.88 Å². The fourth-order valence-corrected chi connectivity index (χ4v) is 4.48. The van der Waals surface area contributed by atoms with Crippen molar-refractivity contribution in [1.29, 1.82) is 0 Å². The molecule has 2 fully saturated rings. The highest BCUT2D eigenvalue weighted by Gasteiger charge is 2.42. The summed E-state index contributed by atoms with van der Waals surface area (Å²) in [6.07, 6.45) is 3.73. The summed E-state index contributed by atoms with van der Waals surface area (Å²) in [7, 11) is 1.61. The smallest absolute Gasteiger partial charge is 0.242 e. The second-order valence-corrected chi connectivity index (χ2v) is 7.63. The first-order chi connectivity index (χ1) is 13.7. The van der Waals surface area contributed by atoms with E-state index in [0.717, 1.165) is 31.7 Å². The largest absolute Gasteiger partial charge is 0.481 e. The van der Waals surface area contributed by atoms with Gasteiger partial charge in [-0.25, -0.2) is 4.98 Å². The molecule has 0 radical (unpaired) electrons. The van der Waals surface area contributed by atoms with E-state index in [1.165, 1.54) is 5.39 Å². The molecule has 0 aliphatic carbocycles. The average molecular weight is 377 g/mol. The summed E-state index contributed by atoms with van der Waals surface area (Å²) in [5.41, 5.74) is 1.11. The van der Waals surface area contributed by atoms with Crippen molar-refractivity contribution >= 4 is 22.8 Å². The van der Waals surface area contributed by atoms with Crippen molar-refractivity contribution in [3.63, 3.8) is 0 Å². The van der Waals surface area contributed by atoms with E-state index in [1.54, 1.807) is 19.4 Å². The minimum atomic E-state index is 0.194. The zero-order valence-corrected chi connectivity index (χ0v) is 15.9. The molecular weight excluding hydrogens is 354 g/mol. The van der Waals surface area contributed by atoms with E-state index in [0.29, 0.717) is 30.2 Å². The number of likely N-dealkylation sites (tertiary alicyclic amines) is 1. The van der Waals surface area contributed by atoms with Crippen LogP contribution in [0.1, 0.15) is 0 Å². The number of aromatic nitrogens is 3. The second kappa shape index (κ2) is 6.82. The van der Waals surface area contributed by atoms with Gasteiger partial charge in [0.1, 0.15) is 6.54 Å². The van der Waals surface area contributed by atoms with E-state index in [4.69, 9.17) is 4.74 Å². The van der Waals surface area contributed by atoms with Crippen molar-refractivity contribution in [2.75, 3.05) is 38.2 Å². The Hall–Kier alpha value is -3.09. The van der Waals surface area contributed by atoms with Crippen LogP contribution in [0, 0.1) is 11.8 Å². The van der Waals surface area contributed by atoms with Crippen molar-refractivity contribution in [2.24, 2.45) is 11.8 Å². The lowest BCUT2D eigenvalue weighted by molar-refractivity contribution is -0.131. The number of hydrogen-bond acceptors (Lipinski definition) is 5. The number of ether oxygens (including phenoxy) is 1. The molecule has 0 saturated carbocycles. The lowest BCUT2D eigenvalue weighted by atomic mass is 10.0. The number of rotatable bonds is 4. The fraction of sp³-hybridized carbons (Fsp3) is 0.381. The van der Waals surface area contributed by atoms with Crippen LogP contribution < -0.4 is 9.64 Å². The third-order valence-corrected chi connectivity index (χ3v) is 5.93. The van der Waals surface area contributed by atoms with Crippen LogP contribution in [0.2, 0.25) is 0 Å². The molecule has 0 N–H and O–H groups in total. The molecule has 5 rings (SSSR count). The Balaban J connectivity index is 1.23. The molecule has 28 heavy (non-hydrogen) atoms. The maximum Gasteiger partial charge on any atom is 0.242 e. The van der Waals surface area contributed by atoms with E-state index >= 15 is 0 Å². The topological polar surface area (TPSA) is 63.5 Å². The van der Waals surface area contributed by atoms with Crippen molar-refractivity contribution < 1.29 is 9.53 Å². The summed E-state index contributed by atoms with van der Waals surface area (Å²) in [4.78, 5) is 25.9. The number of para-hydroxylation sites is 1. The quantitative estimate of drug-likeness (QED) is 0.696. The number of methoxy groups -OCH3 is 1. The number of carbonyl (C=O) groups is 1. The van der Waals surface area contributed by atoms with Crippen molar-refractivity contribution in [1.82, 2.24) is 19.4 Å². The summed E-state index contributed by atoms with van der Waals surface area (Å²) in [6, 6.07) is 12.0. The maximum atomic E-state index is 12.9. The highest BCUT2D eigenvalue weighted by molar-refractivity contribution is 5.83. The lowest BCUT2D eigenvalue weighted by Crippen LogP contribution is -2.35. The number of anilines is 1. The Labute approximate surface area is 163 Å². The lowest BCUT2D eigenvalue weighted by Gasteiger charge is -2.22. The minimum Gasteiger partial charge on any atom is -0.481 e. The number of benzene rings is 1. The zero-order chi connectivity index (χ0) is 19.1. The maximum absolute atomic E-state index is 12.9. The number of fused-ring (bicyclic) bond motifs is 2. The minimum absolute atomic E-state index is 0.194. The third-order valence-electron chi connectivity index (χ3n) is 5.93. The third kappa shape index (κ3) is 2.96. The van der Waals surface area contributed by atoms with Gasteiger partial charge in [-0.15, -0.1) is 0 Å².